The zero-order valence-electron chi connectivity index (χ0n) is 14.2. The fourth-order valence-corrected chi connectivity index (χ4v) is 3.46. The fraction of sp³-hybridized carbons (Fsp3) is 0.684. The predicted octanol–water partition coefficient (Wildman–Crippen LogP) is 4.59. The van der Waals surface area contributed by atoms with E-state index in [1.165, 1.54) is 43.4 Å². The number of hydrogen-bond donors (Lipinski definition) is 1. The molecule has 1 saturated carbocycles. The summed E-state index contributed by atoms with van der Waals surface area (Å²) in [6.45, 7) is 7.71. The second kappa shape index (κ2) is 7.84. The average molecular weight is 288 g/mol. The van der Waals surface area contributed by atoms with Gasteiger partial charge < -0.3 is 10.2 Å². The van der Waals surface area contributed by atoms with Crippen LogP contribution in [0.15, 0.2) is 24.3 Å². The number of nitrogens with one attached hydrogen (secondary N) is 1. The first-order valence-electron chi connectivity index (χ1n) is 8.66. The van der Waals surface area contributed by atoms with Crippen LogP contribution in [0.25, 0.3) is 0 Å². The highest BCUT2D eigenvalue weighted by atomic mass is 15.1. The Kier molecular flexibility index (Phi) is 6.10. The number of benzene rings is 1. The van der Waals surface area contributed by atoms with Crippen molar-refractivity contribution in [1.82, 2.24) is 5.32 Å². The lowest BCUT2D eigenvalue weighted by atomic mass is 9.84. The number of anilines is 1. The van der Waals surface area contributed by atoms with E-state index in [0.29, 0.717) is 12.1 Å². The van der Waals surface area contributed by atoms with Crippen LogP contribution in [0.3, 0.4) is 0 Å². The Hall–Kier alpha value is -1.02. The monoisotopic (exact) mass is 288 g/mol. The maximum absolute atomic E-state index is 3.55. The third kappa shape index (κ3) is 4.47. The minimum absolute atomic E-state index is 0.531. The normalized spacial score (nSPS) is 22.5. The molecule has 0 aromatic heterocycles. The molecule has 1 fully saturated rings. The van der Waals surface area contributed by atoms with Gasteiger partial charge >= 0.3 is 0 Å². The lowest BCUT2D eigenvalue weighted by molar-refractivity contribution is 0.313. The largest absolute Gasteiger partial charge is 0.371 e. The Morgan fingerprint density at radius 2 is 1.81 bits per heavy atom. The highest BCUT2D eigenvalue weighted by molar-refractivity contribution is 5.53. The highest BCUT2D eigenvalue weighted by Crippen LogP contribution is 2.32. The van der Waals surface area contributed by atoms with Gasteiger partial charge in [0.15, 0.2) is 0 Å². The molecule has 1 aromatic carbocycles. The lowest BCUT2D eigenvalue weighted by Gasteiger charge is -2.36. The Morgan fingerprint density at radius 3 is 2.43 bits per heavy atom. The standard InChI is InChI=1S/C19H32N2/c1-5-16-10-12-18(13-11-16)21(4)19-9-7-6-8-17(19)14-20-15(2)3/h6-9,15-16,18,20H,5,10-14H2,1-4H3. The molecule has 1 N–H and O–H groups in total. The molecule has 1 aliphatic rings. The fourth-order valence-electron chi connectivity index (χ4n) is 3.46. The van der Waals surface area contributed by atoms with Crippen molar-refractivity contribution < 1.29 is 0 Å². The molecule has 118 valence electrons. The van der Waals surface area contributed by atoms with Crippen LogP contribution in [-0.4, -0.2) is 19.1 Å². The molecule has 0 bridgehead atoms. The first-order chi connectivity index (χ1) is 10.1. The van der Waals surface area contributed by atoms with Gasteiger partial charge in [-0.25, -0.2) is 0 Å². The molecule has 0 unspecified atom stereocenters. The van der Waals surface area contributed by atoms with Crippen LogP contribution in [0.5, 0.6) is 0 Å². The molecule has 1 aliphatic carbocycles. The van der Waals surface area contributed by atoms with Crippen LogP contribution < -0.4 is 10.2 Å². The van der Waals surface area contributed by atoms with Crippen molar-refractivity contribution in [1.29, 1.82) is 0 Å². The van der Waals surface area contributed by atoms with Gasteiger partial charge in [-0.2, -0.15) is 0 Å². The van der Waals surface area contributed by atoms with E-state index in [1.807, 2.05) is 0 Å². The Morgan fingerprint density at radius 1 is 1.14 bits per heavy atom. The van der Waals surface area contributed by atoms with Crippen molar-refractivity contribution in [2.75, 3.05) is 11.9 Å². The summed E-state index contributed by atoms with van der Waals surface area (Å²) in [6, 6.07) is 10.1. The van der Waals surface area contributed by atoms with Crippen molar-refractivity contribution in [3.8, 4) is 0 Å². The number of hydrogen-bond acceptors (Lipinski definition) is 2. The Bertz CT molecular complexity index is 419. The smallest absolute Gasteiger partial charge is 0.0411 e. The van der Waals surface area contributed by atoms with E-state index in [9.17, 15) is 0 Å². The molecule has 0 heterocycles. The second-order valence-corrected chi connectivity index (χ2v) is 6.86. The SMILES string of the molecule is CCC1CCC(N(C)c2ccccc2CNC(C)C)CC1. The summed E-state index contributed by atoms with van der Waals surface area (Å²) in [5.74, 6) is 0.965. The van der Waals surface area contributed by atoms with E-state index in [2.05, 4.69) is 62.3 Å². The lowest BCUT2D eigenvalue weighted by Crippen LogP contribution is -2.36. The van der Waals surface area contributed by atoms with E-state index in [0.717, 1.165) is 12.5 Å². The first kappa shape index (κ1) is 16.4. The molecule has 2 heteroatoms. The maximum atomic E-state index is 3.55. The number of rotatable bonds is 6. The summed E-state index contributed by atoms with van der Waals surface area (Å²) in [6.07, 6.45) is 6.85. The third-order valence-corrected chi connectivity index (χ3v) is 5.01. The summed E-state index contributed by atoms with van der Waals surface area (Å²) in [5.41, 5.74) is 2.83. The maximum Gasteiger partial charge on any atom is 0.0411 e. The van der Waals surface area contributed by atoms with Crippen LogP contribution in [0.1, 0.15) is 58.4 Å². The average Bonchev–Trinajstić information content (AvgIpc) is 2.52. The van der Waals surface area contributed by atoms with Crippen molar-refractivity contribution in [2.24, 2.45) is 5.92 Å². The molecule has 0 saturated heterocycles. The van der Waals surface area contributed by atoms with Gasteiger partial charge in [-0.1, -0.05) is 45.4 Å². The Balaban J connectivity index is 2.03. The van der Waals surface area contributed by atoms with E-state index in [1.54, 1.807) is 0 Å². The van der Waals surface area contributed by atoms with Crippen LogP contribution in [0.2, 0.25) is 0 Å². The minimum atomic E-state index is 0.531. The molecule has 21 heavy (non-hydrogen) atoms. The van der Waals surface area contributed by atoms with Gasteiger partial charge in [-0.05, 0) is 43.2 Å². The first-order valence-corrected chi connectivity index (χ1v) is 8.66. The summed E-state index contributed by atoms with van der Waals surface area (Å²) in [7, 11) is 2.28. The quantitative estimate of drug-likeness (QED) is 0.823. The second-order valence-electron chi connectivity index (χ2n) is 6.86. The highest BCUT2D eigenvalue weighted by Gasteiger charge is 2.24. The van der Waals surface area contributed by atoms with Crippen LogP contribution in [-0.2, 0) is 6.54 Å². The summed E-state index contributed by atoms with van der Waals surface area (Å²) in [5, 5.41) is 3.55. The zero-order chi connectivity index (χ0) is 15.2. The summed E-state index contributed by atoms with van der Waals surface area (Å²) < 4.78 is 0. The van der Waals surface area contributed by atoms with E-state index in [-0.39, 0.29) is 0 Å². The van der Waals surface area contributed by atoms with Gasteiger partial charge in [0.25, 0.3) is 0 Å². The summed E-state index contributed by atoms with van der Waals surface area (Å²) in [4.78, 5) is 2.53. The minimum Gasteiger partial charge on any atom is -0.371 e. The Labute approximate surface area is 130 Å². The van der Waals surface area contributed by atoms with Crippen molar-refractivity contribution in [3.63, 3.8) is 0 Å². The predicted molar refractivity (Wildman–Crippen MR) is 92.9 cm³/mol. The molecular weight excluding hydrogens is 256 g/mol. The van der Waals surface area contributed by atoms with Gasteiger partial charge in [0, 0.05) is 31.4 Å². The molecule has 0 aliphatic heterocycles. The van der Waals surface area contributed by atoms with Crippen LogP contribution >= 0.6 is 0 Å². The van der Waals surface area contributed by atoms with Gasteiger partial charge in [0.2, 0.25) is 0 Å². The van der Waals surface area contributed by atoms with Gasteiger partial charge in [0.05, 0.1) is 0 Å². The van der Waals surface area contributed by atoms with Crippen molar-refractivity contribution >= 4 is 5.69 Å². The molecular formula is C19H32N2. The van der Waals surface area contributed by atoms with E-state index < -0.39 is 0 Å². The molecule has 2 nitrogen and oxygen atoms in total. The molecule has 0 amide bonds. The molecule has 2 rings (SSSR count). The van der Waals surface area contributed by atoms with Crippen molar-refractivity contribution in [2.45, 2.75) is 71.5 Å². The number of nitrogens with zero attached hydrogens (tertiary/aromatic N) is 1. The number of para-hydroxylation sites is 1. The van der Waals surface area contributed by atoms with Crippen LogP contribution in [0.4, 0.5) is 5.69 Å². The molecule has 0 atom stereocenters. The van der Waals surface area contributed by atoms with Crippen LogP contribution in [0, 0.1) is 5.92 Å². The van der Waals surface area contributed by atoms with E-state index >= 15 is 0 Å². The molecule has 1 aromatic rings. The summed E-state index contributed by atoms with van der Waals surface area (Å²) >= 11 is 0. The molecule has 0 radical (unpaired) electrons. The van der Waals surface area contributed by atoms with Crippen molar-refractivity contribution in [3.05, 3.63) is 29.8 Å². The van der Waals surface area contributed by atoms with Gasteiger partial charge in [0.1, 0.15) is 0 Å². The topological polar surface area (TPSA) is 15.3 Å². The zero-order valence-corrected chi connectivity index (χ0v) is 14.2. The third-order valence-electron chi connectivity index (χ3n) is 5.01. The van der Waals surface area contributed by atoms with Gasteiger partial charge in [-0.3, -0.25) is 0 Å². The van der Waals surface area contributed by atoms with E-state index in [4.69, 9.17) is 0 Å². The molecule has 0 spiro atoms. The van der Waals surface area contributed by atoms with Gasteiger partial charge in [-0.15, -0.1) is 0 Å².